The Bertz CT molecular complexity index is 448. The lowest BCUT2D eigenvalue weighted by Gasteiger charge is -2.09. The van der Waals surface area contributed by atoms with Gasteiger partial charge in [-0.1, -0.05) is 6.92 Å². The fraction of sp³-hybridized carbons (Fsp3) is 0.333. The molecule has 18 heavy (non-hydrogen) atoms. The Morgan fingerprint density at radius 3 is 2.78 bits per heavy atom. The van der Waals surface area contributed by atoms with E-state index in [0.717, 1.165) is 9.99 Å². The van der Waals surface area contributed by atoms with Crippen LogP contribution in [0.5, 0.6) is 0 Å². The molecule has 0 saturated carbocycles. The smallest absolute Gasteiger partial charge is 0.337 e. The summed E-state index contributed by atoms with van der Waals surface area (Å²) in [4.78, 5) is 22.5. The standard InChI is InChI=1S/C12H14INO4/c1-2-5-18-7-11(15)14-10-4-3-8(13)6-9(10)12(16)17/h3-4,6H,2,5,7H2,1H3,(H,14,15)(H,16,17). The van der Waals surface area contributed by atoms with Crippen molar-refractivity contribution in [3.63, 3.8) is 0 Å². The Balaban J connectivity index is 2.72. The number of anilines is 1. The maximum atomic E-state index is 11.5. The van der Waals surface area contributed by atoms with Crippen molar-refractivity contribution in [1.29, 1.82) is 0 Å². The van der Waals surface area contributed by atoms with Crippen LogP contribution in [-0.2, 0) is 9.53 Å². The summed E-state index contributed by atoms with van der Waals surface area (Å²) in [5.74, 6) is -1.43. The second kappa shape index (κ2) is 7.32. The number of carbonyl (C=O) groups is 2. The van der Waals surface area contributed by atoms with Crippen molar-refractivity contribution in [2.75, 3.05) is 18.5 Å². The molecule has 0 aliphatic carbocycles. The van der Waals surface area contributed by atoms with Crippen LogP contribution in [0.3, 0.4) is 0 Å². The largest absolute Gasteiger partial charge is 0.478 e. The highest BCUT2D eigenvalue weighted by molar-refractivity contribution is 14.1. The molecule has 6 heteroatoms. The number of halogens is 1. The van der Waals surface area contributed by atoms with Gasteiger partial charge >= 0.3 is 5.97 Å². The van der Waals surface area contributed by atoms with Gasteiger partial charge in [-0.2, -0.15) is 0 Å². The minimum Gasteiger partial charge on any atom is -0.478 e. The number of hydrogen-bond donors (Lipinski definition) is 2. The Labute approximate surface area is 119 Å². The van der Waals surface area contributed by atoms with Crippen LogP contribution < -0.4 is 5.32 Å². The minimum atomic E-state index is -1.07. The Morgan fingerprint density at radius 1 is 1.44 bits per heavy atom. The van der Waals surface area contributed by atoms with Gasteiger partial charge in [-0.25, -0.2) is 4.79 Å². The zero-order valence-corrected chi connectivity index (χ0v) is 12.1. The number of carboxylic acid groups (broad SMARTS) is 1. The van der Waals surface area contributed by atoms with Crippen molar-refractivity contribution >= 4 is 40.2 Å². The topological polar surface area (TPSA) is 75.6 Å². The molecule has 0 aliphatic rings. The van der Waals surface area contributed by atoms with E-state index in [-0.39, 0.29) is 23.8 Å². The maximum absolute atomic E-state index is 11.5. The molecule has 0 unspecified atom stereocenters. The van der Waals surface area contributed by atoms with E-state index in [1.54, 1.807) is 12.1 Å². The van der Waals surface area contributed by atoms with Crippen molar-refractivity contribution < 1.29 is 19.4 Å². The summed E-state index contributed by atoms with van der Waals surface area (Å²) in [6, 6.07) is 4.81. The third-order valence-electron chi connectivity index (χ3n) is 2.07. The van der Waals surface area contributed by atoms with E-state index in [2.05, 4.69) is 5.32 Å². The van der Waals surface area contributed by atoms with E-state index in [9.17, 15) is 9.59 Å². The molecule has 0 fully saturated rings. The minimum absolute atomic E-state index is 0.0706. The van der Waals surface area contributed by atoms with Gasteiger partial charge in [0.1, 0.15) is 6.61 Å². The summed E-state index contributed by atoms with van der Waals surface area (Å²) < 4.78 is 5.88. The van der Waals surface area contributed by atoms with Gasteiger partial charge in [0, 0.05) is 10.2 Å². The molecule has 0 heterocycles. The zero-order chi connectivity index (χ0) is 13.5. The number of nitrogens with one attached hydrogen (secondary N) is 1. The van der Waals surface area contributed by atoms with Crippen LogP contribution in [0.15, 0.2) is 18.2 Å². The highest BCUT2D eigenvalue weighted by Gasteiger charge is 2.12. The van der Waals surface area contributed by atoms with Gasteiger partial charge < -0.3 is 15.2 Å². The highest BCUT2D eigenvalue weighted by Crippen LogP contribution is 2.18. The van der Waals surface area contributed by atoms with Crippen LogP contribution in [-0.4, -0.2) is 30.2 Å². The summed E-state index contributed by atoms with van der Waals surface area (Å²) in [5, 5.41) is 11.6. The van der Waals surface area contributed by atoms with E-state index in [4.69, 9.17) is 9.84 Å². The summed E-state index contributed by atoms with van der Waals surface area (Å²) in [6.45, 7) is 2.38. The number of amides is 1. The lowest BCUT2D eigenvalue weighted by atomic mass is 10.2. The summed E-state index contributed by atoms with van der Waals surface area (Å²) >= 11 is 2.02. The molecule has 0 aromatic heterocycles. The van der Waals surface area contributed by atoms with Crippen molar-refractivity contribution in [2.24, 2.45) is 0 Å². The van der Waals surface area contributed by atoms with Crippen LogP contribution in [0.2, 0.25) is 0 Å². The third kappa shape index (κ3) is 4.61. The number of aromatic carboxylic acids is 1. The van der Waals surface area contributed by atoms with Crippen LogP contribution in [0.4, 0.5) is 5.69 Å². The summed E-state index contributed by atoms with van der Waals surface area (Å²) in [7, 11) is 0. The van der Waals surface area contributed by atoms with E-state index in [0.29, 0.717) is 6.61 Å². The van der Waals surface area contributed by atoms with Gasteiger partial charge in [0.15, 0.2) is 0 Å². The van der Waals surface area contributed by atoms with Crippen molar-refractivity contribution in [2.45, 2.75) is 13.3 Å². The van der Waals surface area contributed by atoms with Crippen molar-refractivity contribution in [3.8, 4) is 0 Å². The number of carbonyl (C=O) groups excluding carboxylic acids is 1. The number of ether oxygens (including phenoxy) is 1. The molecule has 0 saturated heterocycles. The first-order chi connectivity index (χ1) is 8.54. The molecule has 1 amide bonds. The molecule has 1 aromatic carbocycles. The van der Waals surface area contributed by atoms with Crippen LogP contribution in [0.1, 0.15) is 23.7 Å². The van der Waals surface area contributed by atoms with Gasteiger partial charge in [0.2, 0.25) is 5.91 Å². The van der Waals surface area contributed by atoms with E-state index < -0.39 is 5.97 Å². The fourth-order valence-electron chi connectivity index (χ4n) is 1.30. The van der Waals surface area contributed by atoms with Crippen molar-refractivity contribution in [3.05, 3.63) is 27.3 Å². The van der Waals surface area contributed by atoms with Crippen molar-refractivity contribution in [1.82, 2.24) is 0 Å². The van der Waals surface area contributed by atoms with Gasteiger partial charge in [0.05, 0.1) is 11.3 Å². The first-order valence-electron chi connectivity index (χ1n) is 5.45. The molecule has 1 rings (SSSR count). The normalized spacial score (nSPS) is 10.1. The molecular formula is C12H14INO4. The third-order valence-corrected chi connectivity index (χ3v) is 2.74. The number of benzene rings is 1. The SMILES string of the molecule is CCCOCC(=O)Nc1ccc(I)cc1C(=O)O. The lowest BCUT2D eigenvalue weighted by Crippen LogP contribution is -2.20. The van der Waals surface area contributed by atoms with E-state index >= 15 is 0 Å². The predicted molar refractivity (Wildman–Crippen MR) is 75.9 cm³/mol. The first kappa shape index (κ1) is 14.9. The molecular weight excluding hydrogens is 349 g/mol. The Morgan fingerprint density at radius 2 is 2.17 bits per heavy atom. The quantitative estimate of drug-likeness (QED) is 0.601. The highest BCUT2D eigenvalue weighted by atomic mass is 127. The lowest BCUT2D eigenvalue weighted by molar-refractivity contribution is -0.120. The van der Waals surface area contributed by atoms with Crippen LogP contribution in [0, 0.1) is 3.57 Å². The number of hydrogen-bond acceptors (Lipinski definition) is 3. The van der Waals surface area contributed by atoms with Gasteiger partial charge in [0.25, 0.3) is 0 Å². The van der Waals surface area contributed by atoms with Crippen LogP contribution >= 0.6 is 22.6 Å². The average Bonchev–Trinajstić information content (AvgIpc) is 2.31. The molecule has 2 N–H and O–H groups in total. The molecule has 5 nitrogen and oxygen atoms in total. The predicted octanol–water partition coefficient (Wildman–Crippen LogP) is 2.35. The monoisotopic (exact) mass is 363 g/mol. The second-order valence-corrected chi connectivity index (χ2v) is 4.84. The average molecular weight is 363 g/mol. The fourth-order valence-corrected chi connectivity index (χ4v) is 1.79. The molecule has 0 atom stereocenters. The van der Waals surface area contributed by atoms with E-state index in [1.807, 2.05) is 29.5 Å². The van der Waals surface area contributed by atoms with Crippen LogP contribution in [0.25, 0.3) is 0 Å². The molecule has 0 radical (unpaired) electrons. The number of rotatable bonds is 6. The molecule has 0 spiro atoms. The van der Waals surface area contributed by atoms with Gasteiger partial charge in [-0.3, -0.25) is 4.79 Å². The molecule has 98 valence electrons. The second-order valence-electron chi connectivity index (χ2n) is 3.60. The Hall–Kier alpha value is -1.15. The molecule has 1 aromatic rings. The summed E-state index contributed by atoms with van der Waals surface area (Å²) in [5.41, 5.74) is 0.360. The van der Waals surface area contributed by atoms with Gasteiger partial charge in [-0.15, -0.1) is 0 Å². The number of carboxylic acids is 1. The molecule has 0 bridgehead atoms. The van der Waals surface area contributed by atoms with Gasteiger partial charge in [-0.05, 0) is 47.2 Å². The summed E-state index contributed by atoms with van der Waals surface area (Å²) in [6.07, 6.45) is 0.831. The first-order valence-corrected chi connectivity index (χ1v) is 6.53. The zero-order valence-electron chi connectivity index (χ0n) is 9.90. The molecule has 0 aliphatic heterocycles. The van der Waals surface area contributed by atoms with E-state index in [1.165, 1.54) is 6.07 Å². The Kier molecular flexibility index (Phi) is 6.06. The maximum Gasteiger partial charge on any atom is 0.337 e.